The van der Waals surface area contributed by atoms with Gasteiger partial charge >= 0.3 is 0 Å². The monoisotopic (exact) mass is 293 g/mol. The first kappa shape index (κ1) is 16.8. The average Bonchev–Trinajstić information content (AvgIpc) is 2.44. The minimum absolute atomic E-state index is 0.104. The van der Waals surface area contributed by atoms with Gasteiger partial charge in [-0.2, -0.15) is 5.10 Å². The number of hydrazone groups is 1. The molecule has 0 spiro atoms. The normalized spacial score (nSPS) is 12.7. The molecule has 2 N–H and O–H groups in total. The van der Waals surface area contributed by atoms with Gasteiger partial charge < -0.3 is 5.32 Å². The predicted octanol–water partition coefficient (Wildman–Crippen LogP) is 2.24. The Kier molecular flexibility index (Phi) is 6.52. The van der Waals surface area contributed by atoms with Crippen LogP contribution in [0.3, 0.4) is 0 Å². The molecule has 2 amide bonds. The van der Waals surface area contributed by atoms with E-state index in [0.29, 0.717) is 5.71 Å². The zero-order chi connectivity index (χ0) is 15.8. The molecule has 0 saturated heterocycles. The molecular formula is C15H20FN3O2. The Morgan fingerprint density at radius 2 is 2.10 bits per heavy atom. The largest absolute Gasteiger partial charge is 0.353 e. The van der Waals surface area contributed by atoms with Gasteiger partial charge in [0.15, 0.2) is 0 Å². The molecule has 0 aliphatic heterocycles. The van der Waals surface area contributed by atoms with Gasteiger partial charge in [-0.3, -0.25) is 9.59 Å². The summed E-state index contributed by atoms with van der Waals surface area (Å²) in [4.78, 5) is 23.4. The molecule has 0 aliphatic rings. The van der Waals surface area contributed by atoms with Crippen LogP contribution in [0.4, 0.5) is 4.39 Å². The molecular weight excluding hydrogens is 273 g/mol. The van der Waals surface area contributed by atoms with Crippen molar-refractivity contribution < 1.29 is 14.0 Å². The maximum absolute atomic E-state index is 13.0. The molecule has 0 radical (unpaired) electrons. The molecule has 0 unspecified atom stereocenters. The number of rotatable bonds is 6. The third-order valence-electron chi connectivity index (χ3n) is 2.87. The molecule has 0 fully saturated rings. The van der Waals surface area contributed by atoms with Crippen molar-refractivity contribution in [3.63, 3.8) is 0 Å². The first-order chi connectivity index (χ1) is 9.92. The van der Waals surface area contributed by atoms with E-state index in [-0.39, 0.29) is 23.9 Å². The number of nitrogens with one attached hydrogen (secondary N) is 2. The first-order valence-electron chi connectivity index (χ1n) is 6.80. The number of nitrogens with zero attached hydrogens (tertiary/aromatic N) is 1. The van der Waals surface area contributed by atoms with Gasteiger partial charge in [-0.1, -0.05) is 13.0 Å². The Morgan fingerprint density at radius 1 is 1.38 bits per heavy atom. The van der Waals surface area contributed by atoms with E-state index < -0.39 is 11.7 Å². The van der Waals surface area contributed by atoms with Crippen LogP contribution in [-0.4, -0.2) is 23.6 Å². The van der Waals surface area contributed by atoms with Gasteiger partial charge in [-0.05, 0) is 38.5 Å². The van der Waals surface area contributed by atoms with Crippen molar-refractivity contribution in [1.82, 2.24) is 10.7 Å². The summed E-state index contributed by atoms with van der Waals surface area (Å²) in [5.74, 6) is -1.15. The summed E-state index contributed by atoms with van der Waals surface area (Å²) in [5.41, 5.74) is 2.95. The van der Waals surface area contributed by atoms with Gasteiger partial charge in [0.25, 0.3) is 5.91 Å². The molecule has 0 heterocycles. The summed E-state index contributed by atoms with van der Waals surface area (Å²) in [6, 6.07) is 5.41. The first-order valence-corrected chi connectivity index (χ1v) is 6.80. The van der Waals surface area contributed by atoms with E-state index in [1.807, 2.05) is 13.8 Å². The standard InChI is InChI=1S/C15H20FN3O2/c1-4-10(2)17-14(20)8-11(3)18-19-15(21)12-6-5-7-13(16)9-12/h5-7,9-10H,4,8H2,1-3H3,(H,17,20)(H,19,21)/b18-11-/t10-/m1/s1. The number of amides is 2. The Bertz CT molecular complexity index is 543. The van der Waals surface area contributed by atoms with Crippen LogP contribution < -0.4 is 10.7 Å². The Morgan fingerprint density at radius 3 is 2.71 bits per heavy atom. The number of benzene rings is 1. The summed E-state index contributed by atoms with van der Waals surface area (Å²) < 4.78 is 13.0. The SMILES string of the molecule is CC[C@@H](C)NC(=O)C/C(C)=N\NC(=O)c1cccc(F)c1. The van der Waals surface area contributed by atoms with Gasteiger partial charge in [-0.25, -0.2) is 9.82 Å². The van der Waals surface area contributed by atoms with Crippen molar-refractivity contribution in [2.24, 2.45) is 5.10 Å². The fraction of sp³-hybridized carbons (Fsp3) is 0.400. The minimum Gasteiger partial charge on any atom is -0.353 e. The lowest BCUT2D eigenvalue weighted by atomic mass is 10.2. The minimum atomic E-state index is -0.517. The average molecular weight is 293 g/mol. The molecule has 0 saturated carbocycles. The number of carbonyl (C=O) groups is 2. The van der Waals surface area contributed by atoms with Crippen LogP contribution in [0.25, 0.3) is 0 Å². The lowest BCUT2D eigenvalue weighted by Crippen LogP contribution is -2.33. The van der Waals surface area contributed by atoms with E-state index in [1.54, 1.807) is 6.92 Å². The molecule has 0 aliphatic carbocycles. The maximum Gasteiger partial charge on any atom is 0.271 e. The Labute approximate surface area is 123 Å². The zero-order valence-corrected chi connectivity index (χ0v) is 12.4. The summed E-state index contributed by atoms with van der Waals surface area (Å²) in [5, 5.41) is 6.64. The van der Waals surface area contributed by atoms with E-state index in [2.05, 4.69) is 15.8 Å². The van der Waals surface area contributed by atoms with Crippen molar-refractivity contribution in [3.05, 3.63) is 35.6 Å². The molecule has 1 aromatic carbocycles. The number of hydrogen-bond donors (Lipinski definition) is 2. The van der Waals surface area contributed by atoms with Gasteiger partial charge in [0, 0.05) is 17.3 Å². The number of carbonyl (C=O) groups excluding carboxylic acids is 2. The molecule has 21 heavy (non-hydrogen) atoms. The van der Waals surface area contributed by atoms with E-state index in [4.69, 9.17) is 0 Å². The molecule has 0 aromatic heterocycles. The maximum atomic E-state index is 13.0. The Balaban J connectivity index is 2.52. The summed E-state index contributed by atoms with van der Waals surface area (Å²) in [6.07, 6.45) is 0.950. The Hall–Kier alpha value is -2.24. The second kappa shape index (κ2) is 8.14. The van der Waals surface area contributed by atoms with Crippen molar-refractivity contribution >= 4 is 17.5 Å². The zero-order valence-electron chi connectivity index (χ0n) is 12.4. The molecule has 114 valence electrons. The highest BCUT2D eigenvalue weighted by Gasteiger charge is 2.08. The second-order valence-corrected chi connectivity index (χ2v) is 4.85. The lowest BCUT2D eigenvalue weighted by Gasteiger charge is -2.10. The van der Waals surface area contributed by atoms with Crippen LogP contribution in [0.5, 0.6) is 0 Å². The van der Waals surface area contributed by atoms with Crippen LogP contribution in [0.1, 0.15) is 44.0 Å². The summed E-state index contributed by atoms with van der Waals surface area (Å²) >= 11 is 0. The van der Waals surface area contributed by atoms with E-state index in [9.17, 15) is 14.0 Å². The number of hydrogen-bond acceptors (Lipinski definition) is 3. The topological polar surface area (TPSA) is 70.6 Å². The van der Waals surface area contributed by atoms with Crippen LogP contribution in [0, 0.1) is 5.82 Å². The molecule has 1 aromatic rings. The molecule has 0 bridgehead atoms. The van der Waals surface area contributed by atoms with Crippen molar-refractivity contribution in [2.45, 2.75) is 39.7 Å². The molecule has 6 heteroatoms. The van der Waals surface area contributed by atoms with E-state index in [0.717, 1.165) is 12.5 Å². The van der Waals surface area contributed by atoms with Crippen molar-refractivity contribution in [1.29, 1.82) is 0 Å². The van der Waals surface area contributed by atoms with Crippen LogP contribution in [-0.2, 0) is 4.79 Å². The fourth-order valence-corrected chi connectivity index (χ4v) is 1.54. The second-order valence-electron chi connectivity index (χ2n) is 4.85. The lowest BCUT2D eigenvalue weighted by molar-refractivity contribution is -0.120. The van der Waals surface area contributed by atoms with Crippen molar-refractivity contribution in [2.75, 3.05) is 0 Å². The van der Waals surface area contributed by atoms with E-state index in [1.165, 1.54) is 18.2 Å². The van der Waals surface area contributed by atoms with Gasteiger partial charge in [0.2, 0.25) is 5.91 Å². The highest BCUT2D eigenvalue weighted by molar-refractivity contribution is 6.01. The fourth-order valence-electron chi connectivity index (χ4n) is 1.54. The van der Waals surface area contributed by atoms with Crippen LogP contribution >= 0.6 is 0 Å². The molecule has 1 rings (SSSR count). The summed E-state index contributed by atoms with van der Waals surface area (Å²) in [6.45, 7) is 5.53. The van der Waals surface area contributed by atoms with Crippen LogP contribution in [0.15, 0.2) is 29.4 Å². The quantitative estimate of drug-likeness (QED) is 0.623. The summed E-state index contributed by atoms with van der Waals surface area (Å²) in [7, 11) is 0. The predicted molar refractivity (Wildman–Crippen MR) is 79.5 cm³/mol. The third kappa shape index (κ3) is 6.16. The smallest absolute Gasteiger partial charge is 0.271 e. The molecule has 1 atom stereocenters. The highest BCUT2D eigenvalue weighted by atomic mass is 19.1. The van der Waals surface area contributed by atoms with Gasteiger partial charge in [0.1, 0.15) is 5.82 Å². The highest BCUT2D eigenvalue weighted by Crippen LogP contribution is 2.03. The van der Waals surface area contributed by atoms with Gasteiger partial charge in [-0.15, -0.1) is 0 Å². The van der Waals surface area contributed by atoms with E-state index >= 15 is 0 Å². The number of halogens is 1. The van der Waals surface area contributed by atoms with Crippen molar-refractivity contribution in [3.8, 4) is 0 Å². The third-order valence-corrected chi connectivity index (χ3v) is 2.87. The van der Waals surface area contributed by atoms with Crippen LogP contribution in [0.2, 0.25) is 0 Å². The molecule has 5 nitrogen and oxygen atoms in total. The van der Waals surface area contributed by atoms with Gasteiger partial charge in [0.05, 0.1) is 6.42 Å².